The lowest BCUT2D eigenvalue weighted by atomic mass is 10.2. The van der Waals surface area contributed by atoms with Crippen LogP contribution in [0.3, 0.4) is 0 Å². The van der Waals surface area contributed by atoms with Crippen molar-refractivity contribution in [3.8, 4) is 0 Å². The number of rotatable bonds is 5. The minimum Gasteiger partial charge on any atom is -0.462 e. The molecule has 0 amide bonds. The molecular formula is C12H16FNO2. The predicted molar refractivity (Wildman–Crippen MR) is 59.9 cm³/mol. The Kier molecular flexibility index (Phi) is 4.92. The Balaban J connectivity index is 2.39. The van der Waals surface area contributed by atoms with Gasteiger partial charge in [0.25, 0.3) is 0 Å². The number of hydrogen-bond donors (Lipinski definition) is 0. The Morgan fingerprint density at radius 2 is 2.06 bits per heavy atom. The number of hydrogen-bond acceptors (Lipinski definition) is 3. The Morgan fingerprint density at radius 3 is 2.69 bits per heavy atom. The highest BCUT2D eigenvalue weighted by molar-refractivity contribution is 5.89. The van der Waals surface area contributed by atoms with Gasteiger partial charge >= 0.3 is 5.97 Å². The number of carbonyl (C=O) groups is 1. The lowest BCUT2D eigenvalue weighted by molar-refractivity contribution is 0.0488. The first-order chi connectivity index (χ1) is 7.61. The fraction of sp³-hybridized carbons (Fsp3) is 0.417. The third-order valence-electron chi connectivity index (χ3n) is 2.08. The van der Waals surface area contributed by atoms with E-state index in [2.05, 4.69) is 0 Å². The maximum Gasteiger partial charge on any atom is 0.341 e. The molecule has 1 aromatic carbocycles. The molecule has 16 heavy (non-hydrogen) atoms. The van der Waals surface area contributed by atoms with E-state index in [1.165, 1.54) is 18.2 Å². The number of ether oxygens (including phenoxy) is 1. The number of benzene rings is 1. The van der Waals surface area contributed by atoms with Crippen LogP contribution in [0.4, 0.5) is 4.39 Å². The average Bonchev–Trinajstić information content (AvgIpc) is 2.24. The zero-order valence-electron chi connectivity index (χ0n) is 9.57. The molecule has 3 nitrogen and oxygen atoms in total. The Hall–Kier alpha value is -1.42. The first kappa shape index (κ1) is 12.6. The second kappa shape index (κ2) is 6.23. The SMILES string of the molecule is CN(C)CCCOC(=O)c1ccccc1F. The van der Waals surface area contributed by atoms with Crippen molar-refractivity contribution in [2.75, 3.05) is 27.2 Å². The summed E-state index contributed by atoms with van der Waals surface area (Å²) in [7, 11) is 3.89. The first-order valence-corrected chi connectivity index (χ1v) is 5.17. The molecule has 0 fully saturated rings. The quantitative estimate of drug-likeness (QED) is 0.566. The van der Waals surface area contributed by atoms with E-state index in [0.29, 0.717) is 6.61 Å². The van der Waals surface area contributed by atoms with Crippen LogP contribution in [-0.4, -0.2) is 38.1 Å². The van der Waals surface area contributed by atoms with Crippen molar-refractivity contribution in [1.29, 1.82) is 0 Å². The molecule has 0 radical (unpaired) electrons. The van der Waals surface area contributed by atoms with E-state index in [9.17, 15) is 9.18 Å². The maximum absolute atomic E-state index is 13.2. The van der Waals surface area contributed by atoms with Crippen molar-refractivity contribution in [2.24, 2.45) is 0 Å². The highest BCUT2D eigenvalue weighted by atomic mass is 19.1. The summed E-state index contributed by atoms with van der Waals surface area (Å²) < 4.78 is 18.1. The molecule has 0 aliphatic carbocycles. The van der Waals surface area contributed by atoms with Gasteiger partial charge in [-0.05, 0) is 32.6 Å². The summed E-state index contributed by atoms with van der Waals surface area (Å²) in [6.07, 6.45) is 0.743. The molecule has 1 rings (SSSR count). The molecule has 4 heteroatoms. The standard InChI is InChI=1S/C12H16FNO2/c1-14(2)8-5-9-16-12(15)10-6-3-4-7-11(10)13/h3-4,6-7H,5,8-9H2,1-2H3. The van der Waals surface area contributed by atoms with Gasteiger partial charge in [-0.15, -0.1) is 0 Å². The van der Waals surface area contributed by atoms with Crippen molar-refractivity contribution in [3.63, 3.8) is 0 Å². The van der Waals surface area contributed by atoms with Crippen molar-refractivity contribution < 1.29 is 13.9 Å². The molecule has 0 aliphatic rings. The van der Waals surface area contributed by atoms with Crippen LogP contribution in [0.25, 0.3) is 0 Å². The van der Waals surface area contributed by atoms with Gasteiger partial charge in [0.15, 0.2) is 0 Å². The minimum absolute atomic E-state index is 0.00708. The monoisotopic (exact) mass is 225 g/mol. The van der Waals surface area contributed by atoms with E-state index in [1.807, 2.05) is 19.0 Å². The molecule has 0 saturated heterocycles. The molecule has 0 bridgehead atoms. The third kappa shape index (κ3) is 3.98. The summed E-state index contributed by atoms with van der Waals surface area (Å²) in [5.74, 6) is -1.14. The van der Waals surface area contributed by atoms with Crippen molar-refractivity contribution in [3.05, 3.63) is 35.6 Å². The number of esters is 1. The van der Waals surface area contributed by atoms with Crippen LogP contribution in [0.5, 0.6) is 0 Å². The van der Waals surface area contributed by atoms with E-state index in [1.54, 1.807) is 6.07 Å². The summed E-state index contributed by atoms with van der Waals surface area (Å²) in [5.41, 5.74) is -0.00708. The molecule has 1 aromatic rings. The lowest BCUT2D eigenvalue weighted by Crippen LogP contribution is -2.16. The van der Waals surface area contributed by atoms with Gasteiger partial charge in [0.1, 0.15) is 5.82 Å². The highest BCUT2D eigenvalue weighted by Gasteiger charge is 2.11. The van der Waals surface area contributed by atoms with E-state index >= 15 is 0 Å². The third-order valence-corrected chi connectivity index (χ3v) is 2.08. The zero-order valence-corrected chi connectivity index (χ0v) is 9.57. The maximum atomic E-state index is 13.2. The Morgan fingerprint density at radius 1 is 1.38 bits per heavy atom. The van der Waals surface area contributed by atoms with E-state index in [-0.39, 0.29) is 5.56 Å². The number of carbonyl (C=O) groups excluding carboxylic acids is 1. The van der Waals surface area contributed by atoms with Crippen molar-refractivity contribution in [2.45, 2.75) is 6.42 Å². The van der Waals surface area contributed by atoms with Gasteiger partial charge in [0.2, 0.25) is 0 Å². The minimum atomic E-state index is -0.600. The van der Waals surface area contributed by atoms with Crippen LogP contribution in [0.15, 0.2) is 24.3 Å². The molecule has 0 aliphatic heterocycles. The van der Waals surface area contributed by atoms with Gasteiger partial charge in [0, 0.05) is 6.54 Å². The molecule has 0 atom stereocenters. The topological polar surface area (TPSA) is 29.5 Å². The Bertz CT molecular complexity index is 353. The summed E-state index contributed by atoms with van der Waals surface area (Å²) in [6, 6.07) is 5.82. The van der Waals surface area contributed by atoms with Crippen LogP contribution in [-0.2, 0) is 4.74 Å². The summed E-state index contributed by atoms with van der Waals surface area (Å²) in [4.78, 5) is 13.4. The normalized spacial score (nSPS) is 10.5. The van der Waals surface area contributed by atoms with Crippen LogP contribution >= 0.6 is 0 Å². The first-order valence-electron chi connectivity index (χ1n) is 5.17. The summed E-state index contributed by atoms with van der Waals surface area (Å²) in [6.45, 7) is 1.15. The fourth-order valence-corrected chi connectivity index (χ4v) is 1.25. The van der Waals surface area contributed by atoms with Crippen molar-refractivity contribution >= 4 is 5.97 Å². The van der Waals surface area contributed by atoms with Gasteiger partial charge in [-0.25, -0.2) is 9.18 Å². The van der Waals surface area contributed by atoms with Crippen LogP contribution in [0, 0.1) is 5.82 Å². The second-order valence-corrected chi connectivity index (χ2v) is 3.77. The lowest BCUT2D eigenvalue weighted by Gasteiger charge is -2.09. The molecule has 0 saturated carbocycles. The smallest absolute Gasteiger partial charge is 0.341 e. The van der Waals surface area contributed by atoms with Crippen molar-refractivity contribution in [1.82, 2.24) is 4.90 Å². The average molecular weight is 225 g/mol. The van der Waals surface area contributed by atoms with Gasteiger partial charge in [0.05, 0.1) is 12.2 Å². The Labute approximate surface area is 94.8 Å². The van der Waals surface area contributed by atoms with Crippen LogP contribution in [0.1, 0.15) is 16.8 Å². The molecule has 0 aromatic heterocycles. The molecule has 0 heterocycles. The van der Waals surface area contributed by atoms with Crippen LogP contribution in [0.2, 0.25) is 0 Å². The summed E-state index contributed by atoms with van der Waals surface area (Å²) >= 11 is 0. The number of nitrogens with zero attached hydrogens (tertiary/aromatic N) is 1. The van der Waals surface area contributed by atoms with E-state index in [4.69, 9.17) is 4.74 Å². The van der Waals surface area contributed by atoms with Gasteiger partial charge in [-0.3, -0.25) is 0 Å². The molecule has 88 valence electrons. The predicted octanol–water partition coefficient (Wildman–Crippen LogP) is 1.93. The number of halogens is 1. The second-order valence-electron chi connectivity index (χ2n) is 3.77. The van der Waals surface area contributed by atoms with E-state index < -0.39 is 11.8 Å². The highest BCUT2D eigenvalue weighted by Crippen LogP contribution is 2.07. The largest absolute Gasteiger partial charge is 0.462 e. The molecule has 0 unspecified atom stereocenters. The summed E-state index contributed by atoms with van der Waals surface area (Å²) in [5, 5.41) is 0. The van der Waals surface area contributed by atoms with Gasteiger partial charge < -0.3 is 9.64 Å². The fourth-order valence-electron chi connectivity index (χ4n) is 1.25. The molecule has 0 spiro atoms. The van der Waals surface area contributed by atoms with Gasteiger partial charge in [-0.2, -0.15) is 0 Å². The molecule has 0 N–H and O–H groups in total. The van der Waals surface area contributed by atoms with E-state index in [0.717, 1.165) is 13.0 Å². The zero-order chi connectivity index (χ0) is 12.0. The van der Waals surface area contributed by atoms with Crippen LogP contribution < -0.4 is 0 Å². The van der Waals surface area contributed by atoms with Gasteiger partial charge in [-0.1, -0.05) is 12.1 Å². The molecular weight excluding hydrogens is 209 g/mol.